The van der Waals surface area contributed by atoms with Gasteiger partial charge in [0.15, 0.2) is 0 Å². The molecule has 1 aromatic carbocycles. The lowest BCUT2D eigenvalue weighted by molar-refractivity contribution is -0.135. The summed E-state index contributed by atoms with van der Waals surface area (Å²) in [6.07, 6.45) is 0.223. The molecule has 1 amide bonds. The molecule has 0 saturated heterocycles. The van der Waals surface area contributed by atoms with Crippen molar-refractivity contribution >= 4 is 17.6 Å². The fraction of sp³-hybridized carbons (Fsp3) is 0.308. The number of nitrogens with zero attached hydrogens (tertiary/aromatic N) is 1. The van der Waals surface area contributed by atoms with Crippen molar-refractivity contribution in [3.05, 3.63) is 35.9 Å². The van der Waals surface area contributed by atoms with Crippen molar-refractivity contribution in [1.29, 1.82) is 0 Å². The van der Waals surface area contributed by atoms with Gasteiger partial charge in [0, 0.05) is 0 Å². The number of hydrogen-bond acceptors (Lipinski definition) is 4. The van der Waals surface area contributed by atoms with Crippen LogP contribution in [0.1, 0.15) is 19.4 Å². The number of rotatable bonds is 5. The van der Waals surface area contributed by atoms with E-state index in [-0.39, 0.29) is 24.6 Å². The highest BCUT2D eigenvalue weighted by molar-refractivity contribution is 6.35. The summed E-state index contributed by atoms with van der Waals surface area (Å²) in [7, 11) is 0. The lowest BCUT2D eigenvalue weighted by Crippen LogP contribution is -2.24. The average molecular weight is 248 g/mol. The summed E-state index contributed by atoms with van der Waals surface area (Å²) in [4.78, 5) is 22.7. The third-order valence-electron chi connectivity index (χ3n) is 2.13. The molecule has 0 spiro atoms. The molecule has 1 N–H and O–H groups in total. The number of benzene rings is 1. The van der Waals surface area contributed by atoms with Crippen molar-refractivity contribution in [3.8, 4) is 0 Å². The molecule has 0 radical (unpaired) electrons. The van der Waals surface area contributed by atoms with Crippen LogP contribution in [0, 0.1) is 0 Å². The summed E-state index contributed by atoms with van der Waals surface area (Å²) >= 11 is 0. The second kappa shape index (κ2) is 7.21. The normalized spacial score (nSPS) is 10.9. The van der Waals surface area contributed by atoms with E-state index in [1.54, 1.807) is 6.92 Å². The van der Waals surface area contributed by atoms with Crippen molar-refractivity contribution in [2.75, 3.05) is 6.61 Å². The summed E-state index contributed by atoms with van der Waals surface area (Å²) in [6.45, 7) is 3.48. The first-order valence-corrected chi connectivity index (χ1v) is 5.67. The number of hydrogen-bond donors (Lipinski definition) is 1. The smallest absolute Gasteiger partial charge is 0.354 e. The zero-order valence-corrected chi connectivity index (χ0v) is 10.5. The minimum atomic E-state index is -0.530. The van der Waals surface area contributed by atoms with Crippen LogP contribution in [0.25, 0.3) is 0 Å². The summed E-state index contributed by atoms with van der Waals surface area (Å²) in [5.41, 5.74) is 3.33. The van der Waals surface area contributed by atoms with E-state index in [0.29, 0.717) is 0 Å². The highest BCUT2D eigenvalue weighted by Crippen LogP contribution is 1.99. The lowest BCUT2D eigenvalue weighted by atomic mass is 10.1. The Balaban J connectivity index is 2.46. The number of esters is 1. The van der Waals surface area contributed by atoms with E-state index in [4.69, 9.17) is 4.74 Å². The summed E-state index contributed by atoms with van der Waals surface area (Å²) in [5.74, 6) is -0.803. The fourth-order valence-electron chi connectivity index (χ4n) is 1.25. The topological polar surface area (TPSA) is 67.8 Å². The first-order valence-electron chi connectivity index (χ1n) is 5.67. The molecule has 0 atom stereocenters. The van der Waals surface area contributed by atoms with Crippen LogP contribution < -0.4 is 5.43 Å². The Labute approximate surface area is 106 Å². The molecule has 1 aromatic rings. The Morgan fingerprint density at radius 2 is 1.94 bits per heavy atom. The Morgan fingerprint density at radius 3 is 2.56 bits per heavy atom. The maximum atomic E-state index is 11.5. The molecule has 5 heteroatoms. The van der Waals surface area contributed by atoms with Gasteiger partial charge in [-0.05, 0) is 19.4 Å². The van der Waals surface area contributed by atoms with Crippen LogP contribution >= 0.6 is 0 Å². The Morgan fingerprint density at radius 1 is 1.28 bits per heavy atom. The van der Waals surface area contributed by atoms with Gasteiger partial charge in [0.1, 0.15) is 5.71 Å². The van der Waals surface area contributed by atoms with Gasteiger partial charge in [-0.3, -0.25) is 4.79 Å². The molecule has 1 rings (SSSR count). The number of carbonyl (C=O) groups is 2. The van der Waals surface area contributed by atoms with Crippen molar-refractivity contribution in [2.24, 2.45) is 5.10 Å². The molecule has 0 saturated carbocycles. The maximum Gasteiger partial charge on any atom is 0.354 e. The van der Waals surface area contributed by atoms with Gasteiger partial charge in [0.05, 0.1) is 13.0 Å². The quantitative estimate of drug-likeness (QED) is 0.485. The maximum absolute atomic E-state index is 11.5. The van der Waals surface area contributed by atoms with Crippen LogP contribution in [0.3, 0.4) is 0 Å². The molecular weight excluding hydrogens is 232 g/mol. The number of hydrazone groups is 1. The van der Waals surface area contributed by atoms with Gasteiger partial charge < -0.3 is 4.74 Å². The van der Waals surface area contributed by atoms with Crippen molar-refractivity contribution in [2.45, 2.75) is 20.3 Å². The van der Waals surface area contributed by atoms with Gasteiger partial charge >= 0.3 is 5.97 Å². The summed E-state index contributed by atoms with van der Waals surface area (Å²) in [5, 5.41) is 3.68. The fourth-order valence-corrected chi connectivity index (χ4v) is 1.25. The number of amides is 1. The van der Waals surface area contributed by atoms with Gasteiger partial charge in [0.2, 0.25) is 5.91 Å². The van der Waals surface area contributed by atoms with E-state index < -0.39 is 5.97 Å². The molecule has 0 aliphatic carbocycles. The zero-order valence-electron chi connectivity index (χ0n) is 10.5. The van der Waals surface area contributed by atoms with Crippen LogP contribution in [0.15, 0.2) is 35.4 Å². The molecule has 0 aromatic heterocycles. The number of ether oxygens (including phenoxy) is 1. The molecule has 5 nitrogen and oxygen atoms in total. The molecule has 0 fully saturated rings. The van der Waals surface area contributed by atoms with Crippen molar-refractivity contribution < 1.29 is 14.3 Å². The van der Waals surface area contributed by atoms with Crippen LogP contribution in [-0.2, 0) is 20.7 Å². The summed E-state index contributed by atoms with van der Waals surface area (Å²) < 4.78 is 4.73. The Kier molecular flexibility index (Phi) is 5.57. The molecule has 96 valence electrons. The van der Waals surface area contributed by atoms with Crippen LogP contribution in [0.5, 0.6) is 0 Å². The monoisotopic (exact) mass is 248 g/mol. The van der Waals surface area contributed by atoms with E-state index in [1.807, 2.05) is 30.3 Å². The third-order valence-corrected chi connectivity index (χ3v) is 2.13. The highest BCUT2D eigenvalue weighted by Gasteiger charge is 2.07. The molecule has 0 bridgehead atoms. The lowest BCUT2D eigenvalue weighted by Gasteiger charge is -2.02. The standard InChI is InChI=1S/C13H16N2O3/c1-3-18-13(17)10(2)14-15-12(16)9-11-7-5-4-6-8-11/h4-8H,3,9H2,1-2H3,(H,15,16)/b14-10+. The molecule has 0 aliphatic rings. The minimum absolute atomic E-state index is 0.123. The predicted molar refractivity (Wildman–Crippen MR) is 68.0 cm³/mol. The van der Waals surface area contributed by atoms with Gasteiger partial charge in [0.25, 0.3) is 0 Å². The predicted octanol–water partition coefficient (Wildman–Crippen LogP) is 1.28. The largest absolute Gasteiger partial charge is 0.461 e. The molecule has 0 heterocycles. The van der Waals surface area contributed by atoms with Crippen LogP contribution in [-0.4, -0.2) is 24.2 Å². The molecule has 18 heavy (non-hydrogen) atoms. The highest BCUT2D eigenvalue weighted by atomic mass is 16.5. The van der Waals surface area contributed by atoms with Crippen LogP contribution in [0.4, 0.5) is 0 Å². The first kappa shape index (κ1) is 13.9. The van der Waals surface area contributed by atoms with Crippen molar-refractivity contribution in [3.63, 3.8) is 0 Å². The molecule has 0 aliphatic heterocycles. The molecular formula is C13H16N2O3. The van der Waals surface area contributed by atoms with E-state index in [0.717, 1.165) is 5.56 Å². The average Bonchev–Trinajstić information content (AvgIpc) is 2.37. The van der Waals surface area contributed by atoms with Gasteiger partial charge in [-0.25, -0.2) is 10.2 Å². The second-order valence-electron chi connectivity index (χ2n) is 3.62. The van der Waals surface area contributed by atoms with E-state index in [1.165, 1.54) is 6.92 Å². The number of nitrogens with one attached hydrogen (secondary N) is 1. The van der Waals surface area contributed by atoms with Gasteiger partial charge in [-0.15, -0.1) is 0 Å². The minimum Gasteiger partial charge on any atom is -0.461 e. The Bertz CT molecular complexity index is 441. The SMILES string of the molecule is CCOC(=O)/C(C)=N/NC(=O)Cc1ccccc1. The van der Waals surface area contributed by atoms with Crippen LogP contribution in [0.2, 0.25) is 0 Å². The van der Waals surface area contributed by atoms with Gasteiger partial charge in [-0.1, -0.05) is 30.3 Å². The zero-order chi connectivity index (χ0) is 13.4. The second-order valence-corrected chi connectivity index (χ2v) is 3.62. The Hall–Kier alpha value is -2.17. The third kappa shape index (κ3) is 4.78. The van der Waals surface area contributed by atoms with E-state index >= 15 is 0 Å². The van der Waals surface area contributed by atoms with E-state index in [9.17, 15) is 9.59 Å². The van der Waals surface area contributed by atoms with Gasteiger partial charge in [-0.2, -0.15) is 5.10 Å². The summed E-state index contributed by atoms with van der Waals surface area (Å²) in [6, 6.07) is 9.29. The van der Waals surface area contributed by atoms with E-state index in [2.05, 4.69) is 10.5 Å². The molecule has 0 unspecified atom stereocenters. The van der Waals surface area contributed by atoms with Crippen molar-refractivity contribution in [1.82, 2.24) is 5.43 Å². The first-order chi connectivity index (χ1) is 8.63. The number of carbonyl (C=O) groups excluding carboxylic acids is 2.